The van der Waals surface area contributed by atoms with Crippen LogP contribution in [-0.2, 0) is 6.42 Å². The molecule has 0 saturated carbocycles. The van der Waals surface area contributed by atoms with Crippen LogP contribution in [0.3, 0.4) is 0 Å². The second-order valence-electron chi connectivity index (χ2n) is 15.6. The standard InChI is InChI=1S/C50H43NO2/c1-3-14-32(15-4-1)36-21-13-25-46-49(36)50(39-20-9-12-24-45(39)52-46)48-38-19-8-11-23-44(38)53-47-31-34(26-28-40(47)48)33-27-29-43-41(30-33)37-18-7-10-22-42(37)51(43)35-16-5-2-6-17-35/h1,3-5,8-12,14-16,19-24,26-31,35,46,48-50H,2,6-7,13,17-18,25H2. The molecule has 3 heteroatoms. The second kappa shape index (κ2) is 12.6. The molecule has 260 valence electrons. The molecular weight excluding hydrogens is 647 g/mol. The summed E-state index contributed by atoms with van der Waals surface area (Å²) >= 11 is 0. The number of ether oxygens (including phenoxy) is 2. The summed E-state index contributed by atoms with van der Waals surface area (Å²) in [5.41, 5.74) is 13.2. The van der Waals surface area contributed by atoms with Crippen LogP contribution >= 0.6 is 0 Å². The van der Waals surface area contributed by atoms with Gasteiger partial charge in [0, 0.05) is 45.5 Å². The van der Waals surface area contributed by atoms with Crippen LogP contribution in [0.5, 0.6) is 17.2 Å². The van der Waals surface area contributed by atoms with Crippen molar-refractivity contribution in [1.82, 2.24) is 4.57 Å². The van der Waals surface area contributed by atoms with E-state index in [2.05, 4.69) is 150 Å². The van der Waals surface area contributed by atoms with Gasteiger partial charge in [0.25, 0.3) is 0 Å². The molecule has 11 rings (SSSR count). The maximum absolute atomic E-state index is 6.89. The average molecular weight is 690 g/mol. The molecule has 0 fully saturated rings. The third kappa shape index (κ3) is 5.00. The van der Waals surface area contributed by atoms with E-state index in [1.807, 2.05) is 0 Å². The van der Waals surface area contributed by atoms with E-state index in [1.54, 1.807) is 0 Å². The van der Waals surface area contributed by atoms with Crippen molar-refractivity contribution >= 4 is 22.6 Å². The Bertz CT molecular complexity index is 2480. The van der Waals surface area contributed by atoms with Gasteiger partial charge >= 0.3 is 0 Å². The fourth-order valence-electron chi connectivity index (χ4n) is 10.4. The van der Waals surface area contributed by atoms with E-state index in [9.17, 15) is 0 Å². The first-order valence-electron chi connectivity index (χ1n) is 19.7. The predicted molar refractivity (Wildman–Crippen MR) is 216 cm³/mol. The second-order valence-corrected chi connectivity index (χ2v) is 15.6. The molecule has 6 aromatic rings. The van der Waals surface area contributed by atoms with Gasteiger partial charge in [0.05, 0.1) is 6.04 Å². The minimum absolute atomic E-state index is 0.102. The summed E-state index contributed by atoms with van der Waals surface area (Å²) in [6, 6.07) is 43.1. The molecule has 53 heavy (non-hydrogen) atoms. The summed E-state index contributed by atoms with van der Waals surface area (Å²) < 4.78 is 16.4. The highest BCUT2D eigenvalue weighted by Gasteiger charge is 2.48. The lowest BCUT2D eigenvalue weighted by molar-refractivity contribution is 0.104. The van der Waals surface area contributed by atoms with E-state index in [0.717, 1.165) is 42.9 Å². The van der Waals surface area contributed by atoms with Gasteiger partial charge in [-0.15, -0.1) is 0 Å². The molecule has 0 radical (unpaired) electrons. The fourth-order valence-corrected chi connectivity index (χ4v) is 10.4. The van der Waals surface area contributed by atoms with Crippen molar-refractivity contribution in [3.05, 3.63) is 173 Å². The summed E-state index contributed by atoms with van der Waals surface area (Å²) in [4.78, 5) is 0. The molecule has 2 aliphatic heterocycles. The molecule has 3 nitrogen and oxygen atoms in total. The lowest BCUT2D eigenvalue weighted by atomic mass is 9.62. The third-order valence-corrected chi connectivity index (χ3v) is 12.7. The van der Waals surface area contributed by atoms with E-state index in [1.165, 1.54) is 80.4 Å². The van der Waals surface area contributed by atoms with Crippen molar-refractivity contribution in [2.75, 3.05) is 0 Å². The monoisotopic (exact) mass is 689 g/mol. The van der Waals surface area contributed by atoms with Crippen molar-refractivity contribution in [3.63, 3.8) is 0 Å². The first kappa shape index (κ1) is 31.0. The van der Waals surface area contributed by atoms with Crippen LogP contribution < -0.4 is 9.47 Å². The van der Waals surface area contributed by atoms with Gasteiger partial charge in [-0.05, 0) is 115 Å². The fraction of sp³-hybridized carbons (Fsp3) is 0.240. The number of allylic oxidation sites excluding steroid dienone is 4. The number of para-hydroxylation sites is 2. The predicted octanol–water partition coefficient (Wildman–Crippen LogP) is 12.8. The van der Waals surface area contributed by atoms with Crippen molar-refractivity contribution in [2.24, 2.45) is 5.92 Å². The molecule has 3 aliphatic carbocycles. The maximum Gasteiger partial charge on any atom is 0.131 e. The van der Waals surface area contributed by atoms with Crippen LogP contribution in [0.25, 0.3) is 33.7 Å². The Morgan fingerprint density at radius 2 is 1.40 bits per heavy atom. The highest BCUT2D eigenvalue weighted by Crippen LogP contribution is 2.60. The molecule has 0 spiro atoms. The highest BCUT2D eigenvalue weighted by molar-refractivity contribution is 5.93. The molecule has 5 atom stereocenters. The molecule has 0 saturated heterocycles. The third-order valence-electron chi connectivity index (χ3n) is 12.7. The van der Waals surface area contributed by atoms with E-state index in [-0.39, 0.29) is 23.9 Å². The van der Waals surface area contributed by atoms with Gasteiger partial charge in [-0.3, -0.25) is 0 Å². The molecular formula is C50H43NO2. The Morgan fingerprint density at radius 1 is 0.604 bits per heavy atom. The van der Waals surface area contributed by atoms with Gasteiger partial charge in [-0.1, -0.05) is 109 Å². The first-order chi connectivity index (χ1) is 26.3. The van der Waals surface area contributed by atoms with E-state index < -0.39 is 0 Å². The number of aromatic nitrogens is 1. The van der Waals surface area contributed by atoms with Gasteiger partial charge in [0.2, 0.25) is 0 Å². The summed E-state index contributed by atoms with van der Waals surface area (Å²) in [6.45, 7) is 0. The normalized spacial score (nSPS) is 23.8. The summed E-state index contributed by atoms with van der Waals surface area (Å²) in [5, 5.41) is 1.39. The number of fused-ring (bicyclic) bond motifs is 7. The zero-order chi connectivity index (χ0) is 34.9. The van der Waals surface area contributed by atoms with Gasteiger partial charge in [0.1, 0.15) is 23.4 Å². The number of nitrogens with zero attached hydrogens (tertiary/aromatic N) is 1. The van der Waals surface area contributed by atoms with Gasteiger partial charge < -0.3 is 14.0 Å². The quantitative estimate of drug-likeness (QED) is 0.172. The molecule has 5 aliphatic rings. The minimum atomic E-state index is 0.102. The Morgan fingerprint density at radius 3 is 2.28 bits per heavy atom. The van der Waals surface area contributed by atoms with Crippen LogP contribution in [-0.4, -0.2) is 10.7 Å². The molecule has 3 heterocycles. The summed E-state index contributed by atoms with van der Waals surface area (Å²) in [5.74, 6) is 3.43. The first-order valence-corrected chi connectivity index (χ1v) is 19.7. The molecule has 5 unspecified atom stereocenters. The highest BCUT2D eigenvalue weighted by atomic mass is 16.5. The molecule has 0 amide bonds. The molecule has 0 N–H and O–H groups in total. The smallest absolute Gasteiger partial charge is 0.131 e. The Hall–Kier alpha value is -5.54. The Labute approximate surface area is 311 Å². The van der Waals surface area contributed by atoms with Crippen molar-refractivity contribution in [2.45, 2.75) is 68.9 Å². The topological polar surface area (TPSA) is 23.4 Å². The van der Waals surface area contributed by atoms with Crippen molar-refractivity contribution in [1.29, 1.82) is 0 Å². The van der Waals surface area contributed by atoms with Crippen LogP contribution in [0.15, 0.2) is 140 Å². The zero-order valence-corrected chi connectivity index (χ0v) is 30.0. The number of aryl methyl sites for hydroxylation is 1. The van der Waals surface area contributed by atoms with Crippen LogP contribution in [0.2, 0.25) is 0 Å². The lowest BCUT2D eigenvalue weighted by Gasteiger charge is -2.47. The van der Waals surface area contributed by atoms with Gasteiger partial charge in [0.15, 0.2) is 0 Å². The Kier molecular flexibility index (Phi) is 7.35. The summed E-state index contributed by atoms with van der Waals surface area (Å²) in [7, 11) is 0. The minimum Gasteiger partial charge on any atom is -0.489 e. The van der Waals surface area contributed by atoms with Gasteiger partial charge in [-0.2, -0.15) is 0 Å². The van der Waals surface area contributed by atoms with E-state index in [4.69, 9.17) is 9.47 Å². The SMILES string of the molecule is C1=CC(n2c3c(c4cc(-c5ccc6c(c5)Oc5ccccc5C6C5c6ccccc6OC6CCC=C(c7ccccc7)C65)ccc42)CCC=C3)CCC1. The number of benzene rings is 5. The van der Waals surface area contributed by atoms with Gasteiger partial charge in [-0.25, -0.2) is 0 Å². The van der Waals surface area contributed by atoms with E-state index >= 15 is 0 Å². The van der Waals surface area contributed by atoms with Crippen LogP contribution in [0.4, 0.5) is 0 Å². The van der Waals surface area contributed by atoms with Crippen molar-refractivity contribution < 1.29 is 9.47 Å². The number of rotatable bonds is 4. The van der Waals surface area contributed by atoms with Crippen LogP contribution in [0.1, 0.15) is 89.9 Å². The molecule has 0 bridgehead atoms. The largest absolute Gasteiger partial charge is 0.489 e. The number of hydrogen-bond donors (Lipinski definition) is 0. The number of hydrogen-bond acceptors (Lipinski definition) is 2. The zero-order valence-electron chi connectivity index (χ0n) is 30.0. The molecule has 1 aromatic heterocycles. The Balaban J connectivity index is 1.06. The van der Waals surface area contributed by atoms with Crippen molar-refractivity contribution in [3.8, 4) is 28.4 Å². The molecule has 5 aromatic carbocycles. The summed E-state index contributed by atoms with van der Waals surface area (Å²) in [6.07, 6.45) is 20.0. The average Bonchev–Trinajstić information content (AvgIpc) is 3.56. The maximum atomic E-state index is 6.89. The van der Waals surface area contributed by atoms with Crippen LogP contribution in [0, 0.1) is 5.92 Å². The van der Waals surface area contributed by atoms with E-state index in [0.29, 0.717) is 6.04 Å². The lowest BCUT2D eigenvalue weighted by Crippen LogP contribution is -2.41.